The van der Waals surface area contributed by atoms with Crippen LogP contribution in [0.15, 0.2) is 12.3 Å². The first-order chi connectivity index (χ1) is 12.2. The van der Waals surface area contributed by atoms with Gasteiger partial charge in [0, 0.05) is 29.9 Å². The summed E-state index contributed by atoms with van der Waals surface area (Å²) in [7, 11) is 0. The predicted octanol–water partition coefficient (Wildman–Crippen LogP) is 3.75. The molecule has 1 N–H and O–H groups in total. The molecule has 0 atom stereocenters. The maximum absolute atomic E-state index is 13.1. The number of halogens is 3. The normalized spacial score (nSPS) is 12.3. The molecule has 0 unspecified atom stereocenters. The Morgan fingerprint density at radius 1 is 1.12 bits per heavy atom. The Balaban J connectivity index is 1.94. The molecule has 0 radical (unpaired) electrons. The number of fused-ring (bicyclic) bond motifs is 1. The van der Waals surface area contributed by atoms with E-state index in [0.29, 0.717) is 22.9 Å². The zero-order valence-electron chi connectivity index (χ0n) is 15.0. The Morgan fingerprint density at radius 3 is 2.50 bits per heavy atom. The second-order valence-corrected chi connectivity index (χ2v) is 6.63. The molecule has 0 spiro atoms. The summed E-state index contributed by atoms with van der Waals surface area (Å²) in [4.78, 5) is 0. The van der Waals surface area contributed by atoms with Gasteiger partial charge in [0.05, 0.1) is 0 Å². The van der Waals surface area contributed by atoms with Crippen LogP contribution in [0, 0.1) is 19.8 Å². The molecule has 0 fully saturated rings. The molecule has 0 aliphatic rings. The van der Waals surface area contributed by atoms with E-state index in [1.54, 1.807) is 24.6 Å². The third kappa shape index (κ3) is 3.49. The van der Waals surface area contributed by atoms with E-state index in [1.165, 1.54) is 0 Å². The molecule has 140 valence electrons. The van der Waals surface area contributed by atoms with Gasteiger partial charge in [-0.15, -0.1) is 15.3 Å². The number of nitrogens with zero attached hydrogens (tertiary/aromatic N) is 6. The van der Waals surface area contributed by atoms with E-state index in [9.17, 15) is 13.2 Å². The summed E-state index contributed by atoms with van der Waals surface area (Å²) in [5.41, 5.74) is 1.35. The molecule has 10 heteroatoms. The van der Waals surface area contributed by atoms with Crippen LogP contribution < -0.4 is 5.32 Å². The summed E-state index contributed by atoms with van der Waals surface area (Å²) >= 11 is 0. The lowest BCUT2D eigenvalue weighted by Gasteiger charge is -2.11. The van der Waals surface area contributed by atoms with Gasteiger partial charge in [0.15, 0.2) is 17.3 Å². The average Bonchev–Trinajstić information content (AvgIpc) is 3.16. The third-order valence-electron chi connectivity index (χ3n) is 4.17. The first-order valence-electron chi connectivity index (χ1n) is 8.27. The van der Waals surface area contributed by atoms with Crippen LogP contribution in [0.3, 0.4) is 0 Å². The monoisotopic (exact) mass is 367 g/mol. The van der Waals surface area contributed by atoms with Gasteiger partial charge >= 0.3 is 6.18 Å². The van der Waals surface area contributed by atoms with Gasteiger partial charge in [-0.1, -0.05) is 13.8 Å². The van der Waals surface area contributed by atoms with Gasteiger partial charge in [-0.2, -0.15) is 22.8 Å². The van der Waals surface area contributed by atoms with E-state index in [0.717, 1.165) is 17.5 Å². The second kappa shape index (κ2) is 6.58. The summed E-state index contributed by atoms with van der Waals surface area (Å²) in [5, 5.41) is 18.3. The third-order valence-corrected chi connectivity index (χ3v) is 4.17. The second-order valence-electron chi connectivity index (χ2n) is 6.63. The Kier molecular flexibility index (Phi) is 4.59. The molecule has 0 saturated carbocycles. The number of nitrogens with one attached hydrogen (secondary N) is 1. The SMILES string of the molecule is Cc1c(Nc2ccn(CCC(C)C)n2)nn2c(C(F)(F)F)nnc2c1C. The Hall–Kier alpha value is -2.65. The van der Waals surface area contributed by atoms with Gasteiger partial charge in [-0.25, -0.2) is 0 Å². The summed E-state index contributed by atoms with van der Waals surface area (Å²) in [6.07, 6.45) is -1.83. The molecule has 0 amide bonds. The van der Waals surface area contributed by atoms with Gasteiger partial charge < -0.3 is 5.32 Å². The lowest BCUT2D eigenvalue weighted by molar-refractivity contribution is -0.146. The highest BCUT2D eigenvalue weighted by Crippen LogP contribution is 2.30. The van der Waals surface area contributed by atoms with Crippen LogP contribution in [0.25, 0.3) is 5.65 Å². The Morgan fingerprint density at radius 2 is 1.85 bits per heavy atom. The van der Waals surface area contributed by atoms with Crippen LogP contribution in [0.2, 0.25) is 0 Å². The molecule has 3 aromatic rings. The van der Waals surface area contributed by atoms with E-state index in [2.05, 4.69) is 39.6 Å². The van der Waals surface area contributed by atoms with Crippen LogP contribution in [0.5, 0.6) is 0 Å². The van der Waals surface area contributed by atoms with E-state index in [-0.39, 0.29) is 11.5 Å². The van der Waals surface area contributed by atoms with Crippen molar-refractivity contribution in [3.05, 3.63) is 29.2 Å². The minimum absolute atomic E-state index is 0.0860. The number of aromatic nitrogens is 6. The molecule has 3 aromatic heterocycles. The minimum Gasteiger partial charge on any atom is -0.322 e. The highest BCUT2D eigenvalue weighted by Gasteiger charge is 2.38. The van der Waals surface area contributed by atoms with E-state index < -0.39 is 12.0 Å². The van der Waals surface area contributed by atoms with Crippen LogP contribution in [-0.4, -0.2) is 29.6 Å². The predicted molar refractivity (Wildman–Crippen MR) is 90.2 cm³/mol. The molecule has 0 bridgehead atoms. The van der Waals surface area contributed by atoms with Gasteiger partial charge in [0.1, 0.15) is 0 Å². The summed E-state index contributed by atoms with van der Waals surface area (Å²) < 4.78 is 41.8. The smallest absolute Gasteiger partial charge is 0.322 e. The van der Waals surface area contributed by atoms with Gasteiger partial charge in [0.2, 0.25) is 0 Å². The largest absolute Gasteiger partial charge is 0.453 e. The zero-order valence-corrected chi connectivity index (χ0v) is 15.0. The number of hydrogen-bond donors (Lipinski definition) is 1. The summed E-state index contributed by atoms with van der Waals surface area (Å²) in [6, 6.07) is 1.76. The van der Waals surface area contributed by atoms with Crippen molar-refractivity contribution < 1.29 is 13.2 Å². The van der Waals surface area contributed by atoms with Crippen molar-refractivity contribution in [2.24, 2.45) is 5.92 Å². The summed E-state index contributed by atoms with van der Waals surface area (Å²) in [6.45, 7) is 8.49. The van der Waals surface area contributed by atoms with E-state index in [4.69, 9.17) is 0 Å². The van der Waals surface area contributed by atoms with Crippen LogP contribution >= 0.6 is 0 Å². The van der Waals surface area contributed by atoms with E-state index in [1.807, 2.05) is 6.20 Å². The number of alkyl halides is 3. The first kappa shape index (κ1) is 18.2. The lowest BCUT2D eigenvalue weighted by atomic mass is 10.1. The Bertz CT molecular complexity index is 924. The lowest BCUT2D eigenvalue weighted by Crippen LogP contribution is -2.14. The molecule has 7 nitrogen and oxygen atoms in total. The average molecular weight is 367 g/mol. The molecule has 26 heavy (non-hydrogen) atoms. The van der Waals surface area contributed by atoms with Gasteiger partial charge in [-0.3, -0.25) is 4.68 Å². The van der Waals surface area contributed by atoms with Crippen LogP contribution in [0.1, 0.15) is 37.2 Å². The summed E-state index contributed by atoms with van der Waals surface area (Å²) in [5.74, 6) is 0.208. The number of aryl methyl sites for hydroxylation is 2. The number of hydrogen-bond acceptors (Lipinski definition) is 5. The quantitative estimate of drug-likeness (QED) is 0.744. The highest BCUT2D eigenvalue weighted by molar-refractivity contribution is 5.62. The topological polar surface area (TPSA) is 72.9 Å². The van der Waals surface area contributed by atoms with Crippen LogP contribution in [-0.2, 0) is 12.7 Å². The zero-order chi connectivity index (χ0) is 19.1. The number of rotatable bonds is 5. The standard InChI is InChI=1S/C16H20F3N7/c1-9(2)5-7-25-8-6-12(23-25)20-13-10(3)11(4)14-21-22-15(16(17,18)19)26(14)24-13/h6,8-9H,5,7H2,1-4H3,(H,20,23,24). The van der Waals surface area contributed by atoms with Gasteiger partial charge in [-0.05, 0) is 26.2 Å². The van der Waals surface area contributed by atoms with Crippen molar-refractivity contribution in [3.63, 3.8) is 0 Å². The highest BCUT2D eigenvalue weighted by atomic mass is 19.4. The molecule has 3 rings (SSSR count). The number of anilines is 2. The molecular formula is C16H20F3N7. The van der Waals surface area contributed by atoms with Crippen LogP contribution in [0.4, 0.5) is 24.8 Å². The molecule has 0 aliphatic heterocycles. The molecule has 3 heterocycles. The van der Waals surface area contributed by atoms with Crippen molar-refractivity contribution >= 4 is 17.3 Å². The molecular weight excluding hydrogens is 347 g/mol. The molecule has 0 saturated heterocycles. The van der Waals surface area contributed by atoms with Crippen molar-refractivity contribution in [1.82, 2.24) is 29.6 Å². The van der Waals surface area contributed by atoms with Crippen molar-refractivity contribution in [2.75, 3.05) is 5.32 Å². The fourth-order valence-electron chi connectivity index (χ4n) is 2.49. The minimum atomic E-state index is -4.64. The molecule has 0 aliphatic carbocycles. The first-order valence-corrected chi connectivity index (χ1v) is 8.27. The maximum Gasteiger partial charge on any atom is 0.453 e. The Labute approximate surface area is 148 Å². The van der Waals surface area contributed by atoms with E-state index >= 15 is 0 Å². The maximum atomic E-state index is 13.1. The molecule has 0 aromatic carbocycles. The van der Waals surface area contributed by atoms with Crippen molar-refractivity contribution in [1.29, 1.82) is 0 Å². The fraction of sp³-hybridized carbons (Fsp3) is 0.500. The fourth-order valence-corrected chi connectivity index (χ4v) is 2.49. The van der Waals surface area contributed by atoms with Crippen molar-refractivity contribution in [3.8, 4) is 0 Å². The van der Waals surface area contributed by atoms with Gasteiger partial charge in [0.25, 0.3) is 5.82 Å². The van der Waals surface area contributed by atoms with Crippen molar-refractivity contribution in [2.45, 2.75) is 46.8 Å².